The summed E-state index contributed by atoms with van der Waals surface area (Å²) in [5.74, 6) is 0.838. The van der Waals surface area contributed by atoms with Gasteiger partial charge in [0.15, 0.2) is 0 Å². The molecule has 0 radical (unpaired) electrons. The van der Waals surface area contributed by atoms with Gasteiger partial charge < -0.3 is 9.84 Å². The van der Waals surface area contributed by atoms with Crippen LogP contribution in [0.15, 0.2) is 0 Å². The van der Waals surface area contributed by atoms with E-state index in [2.05, 4.69) is 27.7 Å². The summed E-state index contributed by atoms with van der Waals surface area (Å²) in [7, 11) is 0. The van der Waals surface area contributed by atoms with Gasteiger partial charge in [0.05, 0.1) is 17.3 Å². The molecule has 1 N–H and O–H groups in total. The number of aliphatic hydroxyl groups excluding tert-OH is 1. The Labute approximate surface area is 93.0 Å². The molecule has 0 amide bonds. The fourth-order valence-corrected chi connectivity index (χ4v) is 3.25. The fraction of sp³-hybridized carbons (Fsp3) is 1.00. The van der Waals surface area contributed by atoms with Crippen LogP contribution in [0.1, 0.15) is 53.4 Å². The van der Waals surface area contributed by atoms with Crippen molar-refractivity contribution in [1.82, 2.24) is 0 Å². The van der Waals surface area contributed by atoms with Gasteiger partial charge in [-0.25, -0.2) is 0 Å². The molecular weight excluding hydrogens is 188 g/mol. The summed E-state index contributed by atoms with van der Waals surface area (Å²) < 4.78 is 6.03. The highest BCUT2D eigenvalue weighted by atomic mass is 16.5. The molecule has 0 aromatic rings. The van der Waals surface area contributed by atoms with Crippen LogP contribution in [0.25, 0.3) is 0 Å². The Morgan fingerprint density at radius 2 is 1.80 bits per heavy atom. The molecule has 2 fully saturated rings. The third kappa shape index (κ3) is 2.07. The molecule has 1 saturated heterocycles. The van der Waals surface area contributed by atoms with Crippen molar-refractivity contribution < 1.29 is 9.84 Å². The number of hydrogen-bond acceptors (Lipinski definition) is 2. The second kappa shape index (κ2) is 3.46. The quantitative estimate of drug-likeness (QED) is 0.762. The van der Waals surface area contributed by atoms with Gasteiger partial charge in [-0.2, -0.15) is 0 Å². The largest absolute Gasteiger partial charge is 0.392 e. The summed E-state index contributed by atoms with van der Waals surface area (Å²) in [6.45, 7) is 8.49. The van der Waals surface area contributed by atoms with Gasteiger partial charge in [-0.05, 0) is 52.9 Å². The molecule has 1 aliphatic heterocycles. The van der Waals surface area contributed by atoms with Crippen molar-refractivity contribution in [3.8, 4) is 0 Å². The zero-order chi connectivity index (χ0) is 11.3. The van der Waals surface area contributed by atoms with Gasteiger partial charge in [-0.15, -0.1) is 0 Å². The standard InChI is InChI=1S/C13H24O2/c1-12(2)8-10(13(3,4)15-12)11(14)9-6-5-7-9/h9-11,14H,5-8H2,1-4H3. The minimum absolute atomic E-state index is 0.0705. The van der Waals surface area contributed by atoms with E-state index in [4.69, 9.17) is 4.74 Å². The SMILES string of the molecule is CC1(C)CC(C(O)C2CCC2)C(C)(C)O1. The number of ether oxygens (including phenoxy) is 1. The van der Waals surface area contributed by atoms with Crippen molar-refractivity contribution in [2.24, 2.45) is 11.8 Å². The molecule has 2 rings (SSSR count). The van der Waals surface area contributed by atoms with Crippen molar-refractivity contribution in [2.75, 3.05) is 0 Å². The molecule has 2 nitrogen and oxygen atoms in total. The van der Waals surface area contributed by atoms with E-state index < -0.39 is 0 Å². The molecule has 0 bridgehead atoms. The lowest BCUT2D eigenvalue weighted by molar-refractivity contribution is -0.0983. The molecule has 0 aromatic carbocycles. The fourth-order valence-electron chi connectivity index (χ4n) is 3.25. The predicted molar refractivity (Wildman–Crippen MR) is 60.7 cm³/mol. The molecule has 1 saturated carbocycles. The first kappa shape index (κ1) is 11.4. The number of hydrogen-bond donors (Lipinski definition) is 1. The third-order valence-corrected chi connectivity index (χ3v) is 4.19. The van der Waals surface area contributed by atoms with Crippen LogP contribution < -0.4 is 0 Å². The maximum Gasteiger partial charge on any atom is 0.0687 e. The van der Waals surface area contributed by atoms with Gasteiger partial charge in [0.2, 0.25) is 0 Å². The second-order valence-corrected chi connectivity index (χ2v) is 6.46. The minimum Gasteiger partial charge on any atom is -0.392 e. The first-order valence-electron chi connectivity index (χ1n) is 6.20. The van der Waals surface area contributed by atoms with Crippen molar-refractivity contribution in [3.63, 3.8) is 0 Å². The van der Waals surface area contributed by atoms with Crippen LogP contribution in [0.3, 0.4) is 0 Å². The molecule has 0 spiro atoms. The lowest BCUT2D eigenvalue weighted by atomic mass is 9.71. The van der Waals surface area contributed by atoms with Crippen LogP contribution in [-0.4, -0.2) is 22.4 Å². The lowest BCUT2D eigenvalue weighted by Crippen LogP contribution is -2.42. The van der Waals surface area contributed by atoms with Crippen LogP contribution in [0, 0.1) is 11.8 Å². The monoisotopic (exact) mass is 212 g/mol. The molecule has 1 heterocycles. The van der Waals surface area contributed by atoms with Crippen molar-refractivity contribution in [2.45, 2.75) is 70.7 Å². The Kier molecular flexibility index (Phi) is 2.63. The highest BCUT2D eigenvalue weighted by molar-refractivity contribution is 4.99. The van der Waals surface area contributed by atoms with Gasteiger partial charge >= 0.3 is 0 Å². The molecule has 2 unspecified atom stereocenters. The average Bonchev–Trinajstić information content (AvgIpc) is 2.14. The van der Waals surface area contributed by atoms with Crippen LogP contribution in [0.2, 0.25) is 0 Å². The van der Waals surface area contributed by atoms with Crippen molar-refractivity contribution >= 4 is 0 Å². The average molecular weight is 212 g/mol. The Balaban J connectivity index is 2.07. The first-order valence-corrected chi connectivity index (χ1v) is 6.20. The Morgan fingerprint density at radius 3 is 2.13 bits per heavy atom. The normalized spacial score (nSPS) is 36.2. The minimum atomic E-state index is -0.168. The van der Waals surface area contributed by atoms with Gasteiger partial charge in [-0.3, -0.25) is 0 Å². The molecule has 0 aromatic heterocycles. The van der Waals surface area contributed by atoms with Gasteiger partial charge in [0.1, 0.15) is 0 Å². The Bertz CT molecular complexity index is 241. The number of aliphatic hydroxyl groups is 1. The first-order chi connectivity index (χ1) is 6.82. The van der Waals surface area contributed by atoms with Crippen LogP contribution in [-0.2, 0) is 4.74 Å². The smallest absolute Gasteiger partial charge is 0.0687 e. The third-order valence-electron chi connectivity index (χ3n) is 4.19. The molecule has 2 heteroatoms. The summed E-state index contributed by atoms with van der Waals surface area (Å²) in [4.78, 5) is 0. The van der Waals surface area contributed by atoms with E-state index in [1.165, 1.54) is 19.3 Å². The van der Waals surface area contributed by atoms with Gasteiger partial charge in [0, 0.05) is 5.92 Å². The van der Waals surface area contributed by atoms with Gasteiger partial charge in [-0.1, -0.05) is 6.42 Å². The van der Waals surface area contributed by atoms with Crippen LogP contribution >= 0.6 is 0 Å². The molecule has 2 aliphatic rings. The highest BCUT2D eigenvalue weighted by Crippen LogP contribution is 2.47. The van der Waals surface area contributed by atoms with E-state index in [9.17, 15) is 5.11 Å². The molecular formula is C13H24O2. The van der Waals surface area contributed by atoms with E-state index >= 15 is 0 Å². The van der Waals surface area contributed by atoms with E-state index in [-0.39, 0.29) is 17.3 Å². The second-order valence-electron chi connectivity index (χ2n) is 6.46. The summed E-state index contributed by atoms with van der Waals surface area (Å²) in [5.41, 5.74) is -0.239. The Hall–Kier alpha value is -0.0800. The maximum atomic E-state index is 10.4. The van der Waals surface area contributed by atoms with E-state index in [1.54, 1.807) is 0 Å². The van der Waals surface area contributed by atoms with Crippen molar-refractivity contribution in [3.05, 3.63) is 0 Å². The van der Waals surface area contributed by atoms with E-state index in [0.717, 1.165) is 6.42 Å². The van der Waals surface area contributed by atoms with E-state index in [1.807, 2.05) is 0 Å². The summed E-state index contributed by atoms with van der Waals surface area (Å²) in [6.07, 6.45) is 4.52. The zero-order valence-electron chi connectivity index (χ0n) is 10.4. The maximum absolute atomic E-state index is 10.4. The summed E-state index contributed by atoms with van der Waals surface area (Å²) in [5, 5.41) is 10.4. The molecule has 1 aliphatic carbocycles. The predicted octanol–water partition coefficient (Wildman–Crippen LogP) is 2.74. The topological polar surface area (TPSA) is 29.5 Å². The molecule has 88 valence electrons. The van der Waals surface area contributed by atoms with E-state index in [0.29, 0.717) is 11.8 Å². The molecule has 15 heavy (non-hydrogen) atoms. The number of rotatable bonds is 2. The highest BCUT2D eigenvalue weighted by Gasteiger charge is 2.50. The van der Waals surface area contributed by atoms with Crippen LogP contribution in [0.5, 0.6) is 0 Å². The summed E-state index contributed by atoms with van der Waals surface area (Å²) in [6, 6.07) is 0. The zero-order valence-corrected chi connectivity index (χ0v) is 10.4. The van der Waals surface area contributed by atoms with Gasteiger partial charge in [0.25, 0.3) is 0 Å². The molecule has 2 atom stereocenters. The van der Waals surface area contributed by atoms with Crippen LogP contribution in [0.4, 0.5) is 0 Å². The lowest BCUT2D eigenvalue weighted by Gasteiger charge is -2.38. The van der Waals surface area contributed by atoms with Crippen molar-refractivity contribution in [1.29, 1.82) is 0 Å². The Morgan fingerprint density at radius 1 is 1.20 bits per heavy atom. The summed E-state index contributed by atoms with van der Waals surface area (Å²) >= 11 is 0.